The largest absolute Gasteiger partial charge is 0.479 e. The van der Waals surface area contributed by atoms with Gasteiger partial charge in [0, 0.05) is 5.69 Å². The van der Waals surface area contributed by atoms with E-state index >= 15 is 0 Å². The fourth-order valence-corrected chi connectivity index (χ4v) is 1.39. The number of hydrogen-bond donors (Lipinski definition) is 3. The van der Waals surface area contributed by atoms with Gasteiger partial charge >= 0.3 is 18.2 Å². The number of anilines is 1. The van der Waals surface area contributed by atoms with E-state index in [0.29, 0.717) is 6.92 Å². The standard InChI is InChI=1S/C12H12F4N2O3/c1-6-5-7(13)3-4-8(6)17-10(21)18-11(2,9(19)20)12(14,15)16/h3-5H,1-2H3,(H,19,20)(H2,17,18,21). The van der Waals surface area contributed by atoms with Crippen LogP contribution < -0.4 is 10.6 Å². The Balaban J connectivity index is 2.92. The van der Waals surface area contributed by atoms with E-state index in [1.165, 1.54) is 12.2 Å². The number of rotatable bonds is 3. The van der Waals surface area contributed by atoms with Gasteiger partial charge in [-0.15, -0.1) is 0 Å². The third-order valence-electron chi connectivity index (χ3n) is 2.79. The summed E-state index contributed by atoms with van der Waals surface area (Å²) in [5.41, 5.74) is -3.11. The topological polar surface area (TPSA) is 78.4 Å². The smallest absolute Gasteiger partial charge is 0.422 e. The van der Waals surface area contributed by atoms with E-state index in [2.05, 4.69) is 0 Å². The number of carboxylic acid groups (broad SMARTS) is 1. The lowest BCUT2D eigenvalue weighted by Gasteiger charge is -2.28. The third-order valence-corrected chi connectivity index (χ3v) is 2.79. The summed E-state index contributed by atoms with van der Waals surface area (Å²) in [4.78, 5) is 22.3. The molecule has 0 fully saturated rings. The molecular weight excluding hydrogens is 296 g/mol. The summed E-state index contributed by atoms with van der Waals surface area (Å²) < 4.78 is 51.0. The number of hydrogen-bond acceptors (Lipinski definition) is 2. The summed E-state index contributed by atoms with van der Waals surface area (Å²) in [7, 11) is 0. The highest BCUT2D eigenvalue weighted by Gasteiger charge is 2.58. The van der Waals surface area contributed by atoms with Gasteiger partial charge in [0.1, 0.15) is 5.82 Å². The lowest BCUT2D eigenvalue weighted by atomic mass is 10.0. The molecule has 1 rings (SSSR count). The number of carbonyl (C=O) groups is 2. The van der Waals surface area contributed by atoms with Gasteiger partial charge in [-0.1, -0.05) is 0 Å². The minimum Gasteiger partial charge on any atom is -0.479 e. The number of urea groups is 1. The molecule has 116 valence electrons. The molecule has 0 aliphatic carbocycles. The first-order valence-electron chi connectivity index (χ1n) is 5.63. The van der Waals surface area contributed by atoms with Crippen molar-refractivity contribution >= 4 is 17.7 Å². The number of nitrogens with one attached hydrogen (secondary N) is 2. The highest BCUT2D eigenvalue weighted by atomic mass is 19.4. The zero-order valence-corrected chi connectivity index (χ0v) is 11.0. The van der Waals surface area contributed by atoms with E-state index < -0.39 is 29.5 Å². The number of carbonyl (C=O) groups excluding carboxylic acids is 1. The Bertz CT molecular complexity index is 574. The maximum Gasteiger partial charge on any atom is 0.422 e. The van der Waals surface area contributed by atoms with Gasteiger partial charge in [-0.3, -0.25) is 0 Å². The van der Waals surface area contributed by atoms with E-state index in [1.807, 2.05) is 5.32 Å². The maximum atomic E-state index is 12.9. The number of benzene rings is 1. The first kappa shape index (κ1) is 16.7. The molecule has 0 aliphatic heterocycles. The lowest BCUT2D eigenvalue weighted by Crippen LogP contribution is -2.62. The van der Waals surface area contributed by atoms with Crippen molar-refractivity contribution in [1.82, 2.24) is 5.32 Å². The third kappa shape index (κ3) is 3.61. The average Bonchev–Trinajstić information content (AvgIpc) is 2.31. The van der Waals surface area contributed by atoms with E-state index in [4.69, 9.17) is 5.11 Å². The second-order valence-corrected chi connectivity index (χ2v) is 4.47. The summed E-state index contributed by atoms with van der Waals surface area (Å²) in [5.74, 6) is -2.83. The van der Waals surface area contributed by atoms with E-state index in [1.54, 1.807) is 0 Å². The van der Waals surface area contributed by atoms with Crippen LogP contribution >= 0.6 is 0 Å². The molecule has 0 spiro atoms. The fraction of sp³-hybridized carbons (Fsp3) is 0.333. The lowest BCUT2D eigenvalue weighted by molar-refractivity contribution is -0.203. The molecule has 0 saturated carbocycles. The van der Waals surface area contributed by atoms with Gasteiger partial charge in [-0.05, 0) is 37.6 Å². The molecular formula is C12H12F4N2O3. The van der Waals surface area contributed by atoms with Crippen molar-refractivity contribution in [2.45, 2.75) is 25.6 Å². The molecule has 9 heteroatoms. The van der Waals surface area contributed by atoms with E-state index in [9.17, 15) is 27.2 Å². The Morgan fingerprint density at radius 1 is 1.24 bits per heavy atom. The zero-order valence-electron chi connectivity index (χ0n) is 11.0. The number of carboxylic acids is 1. The van der Waals surface area contributed by atoms with Crippen molar-refractivity contribution in [3.8, 4) is 0 Å². The fourth-order valence-electron chi connectivity index (χ4n) is 1.39. The Hall–Kier alpha value is -2.32. The Kier molecular flexibility index (Phi) is 4.45. The Morgan fingerprint density at radius 2 is 1.81 bits per heavy atom. The van der Waals surface area contributed by atoms with Gasteiger partial charge in [-0.2, -0.15) is 13.2 Å². The second-order valence-electron chi connectivity index (χ2n) is 4.47. The Labute approximate surface area is 117 Å². The molecule has 3 N–H and O–H groups in total. The first-order valence-corrected chi connectivity index (χ1v) is 5.63. The van der Waals surface area contributed by atoms with Gasteiger partial charge < -0.3 is 15.7 Å². The molecule has 0 bridgehead atoms. The number of aryl methyl sites for hydroxylation is 1. The minimum absolute atomic E-state index is 0.0591. The maximum absolute atomic E-state index is 12.9. The number of aliphatic carboxylic acids is 1. The van der Waals surface area contributed by atoms with Crippen molar-refractivity contribution in [2.75, 3.05) is 5.32 Å². The van der Waals surface area contributed by atoms with Crippen LogP contribution in [0.2, 0.25) is 0 Å². The van der Waals surface area contributed by atoms with Crippen LogP contribution in [0.1, 0.15) is 12.5 Å². The van der Waals surface area contributed by atoms with Gasteiger partial charge in [0.05, 0.1) is 0 Å². The molecule has 1 aromatic carbocycles. The zero-order chi connectivity index (χ0) is 16.4. The monoisotopic (exact) mass is 308 g/mol. The van der Waals surface area contributed by atoms with Gasteiger partial charge in [0.2, 0.25) is 5.54 Å². The number of alkyl halides is 3. The molecule has 0 saturated heterocycles. The normalized spacial score (nSPS) is 14.2. The van der Waals surface area contributed by atoms with Gasteiger partial charge in [-0.25, -0.2) is 14.0 Å². The SMILES string of the molecule is Cc1cc(F)ccc1NC(=O)NC(C)(C(=O)O)C(F)(F)F. The predicted molar refractivity (Wildman–Crippen MR) is 65.4 cm³/mol. The van der Waals surface area contributed by atoms with Crippen LogP contribution in [0.25, 0.3) is 0 Å². The summed E-state index contributed by atoms with van der Waals surface area (Å²) in [5, 5.41) is 12.1. The van der Waals surface area contributed by atoms with E-state index in [0.717, 1.165) is 18.2 Å². The molecule has 5 nitrogen and oxygen atoms in total. The first-order chi connectivity index (χ1) is 9.47. The summed E-state index contributed by atoms with van der Waals surface area (Å²) in [6.07, 6.45) is -5.19. The molecule has 1 unspecified atom stereocenters. The van der Waals surface area contributed by atoms with Crippen LogP contribution in [0.3, 0.4) is 0 Å². The molecule has 0 aliphatic rings. The minimum atomic E-state index is -5.19. The Morgan fingerprint density at radius 3 is 2.24 bits per heavy atom. The molecule has 0 heterocycles. The van der Waals surface area contributed by atoms with Crippen LogP contribution in [0, 0.1) is 12.7 Å². The van der Waals surface area contributed by atoms with Gasteiger partial charge in [0.25, 0.3) is 0 Å². The molecule has 0 radical (unpaired) electrons. The highest BCUT2D eigenvalue weighted by molar-refractivity contribution is 5.94. The van der Waals surface area contributed by atoms with Crippen molar-refractivity contribution in [3.63, 3.8) is 0 Å². The van der Waals surface area contributed by atoms with Crippen LogP contribution in [0.4, 0.5) is 28.0 Å². The summed E-state index contributed by atoms with van der Waals surface area (Å²) in [6.45, 7) is 1.76. The predicted octanol–water partition coefficient (Wildman–Crippen LogP) is 2.66. The molecule has 2 amide bonds. The summed E-state index contributed by atoms with van der Waals surface area (Å²) >= 11 is 0. The second kappa shape index (κ2) is 5.58. The van der Waals surface area contributed by atoms with Crippen LogP contribution in [0.15, 0.2) is 18.2 Å². The molecule has 21 heavy (non-hydrogen) atoms. The van der Waals surface area contributed by atoms with Crippen LogP contribution in [-0.4, -0.2) is 28.8 Å². The quantitative estimate of drug-likeness (QED) is 0.751. The molecule has 1 aromatic rings. The average molecular weight is 308 g/mol. The van der Waals surface area contributed by atoms with Crippen molar-refractivity contribution in [1.29, 1.82) is 0 Å². The molecule has 0 aromatic heterocycles. The van der Waals surface area contributed by atoms with E-state index in [-0.39, 0.29) is 11.3 Å². The summed E-state index contributed by atoms with van der Waals surface area (Å²) in [6, 6.07) is 1.85. The van der Waals surface area contributed by atoms with Crippen molar-refractivity contribution < 1.29 is 32.3 Å². The molecule has 1 atom stereocenters. The van der Waals surface area contributed by atoms with Crippen molar-refractivity contribution in [3.05, 3.63) is 29.6 Å². The van der Waals surface area contributed by atoms with Crippen LogP contribution in [0.5, 0.6) is 0 Å². The number of amides is 2. The van der Waals surface area contributed by atoms with Crippen molar-refractivity contribution in [2.24, 2.45) is 0 Å². The van der Waals surface area contributed by atoms with Crippen LogP contribution in [-0.2, 0) is 4.79 Å². The highest BCUT2D eigenvalue weighted by Crippen LogP contribution is 2.30. The van der Waals surface area contributed by atoms with Gasteiger partial charge in [0.15, 0.2) is 0 Å². The number of halogens is 4.